The van der Waals surface area contributed by atoms with Crippen molar-refractivity contribution in [3.63, 3.8) is 0 Å². The molecule has 158 valence electrons. The third-order valence-electron chi connectivity index (χ3n) is 4.88. The zero-order valence-corrected chi connectivity index (χ0v) is 17.4. The van der Waals surface area contributed by atoms with E-state index in [0.29, 0.717) is 11.4 Å². The summed E-state index contributed by atoms with van der Waals surface area (Å²) in [6.45, 7) is 3.55. The van der Waals surface area contributed by atoms with E-state index >= 15 is 0 Å². The van der Waals surface area contributed by atoms with E-state index in [1.54, 1.807) is 25.1 Å². The van der Waals surface area contributed by atoms with Gasteiger partial charge in [0.15, 0.2) is 5.69 Å². The topological polar surface area (TPSA) is 137 Å². The van der Waals surface area contributed by atoms with Crippen molar-refractivity contribution >= 4 is 32.3 Å². The van der Waals surface area contributed by atoms with Crippen LogP contribution in [-0.2, 0) is 10.1 Å². The van der Waals surface area contributed by atoms with Gasteiger partial charge in [0.2, 0.25) is 0 Å². The van der Waals surface area contributed by atoms with Crippen molar-refractivity contribution in [3.05, 3.63) is 76.2 Å². The number of aromatic hydroxyl groups is 1. The van der Waals surface area contributed by atoms with Gasteiger partial charge in [-0.15, -0.1) is 10.2 Å². The van der Waals surface area contributed by atoms with Gasteiger partial charge in [0.05, 0.1) is 11.4 Å². The molecule has 3 N–H and O–H groups in total. The lowest BCUT2D eigenvalue weighted by Gasteiger charge is -2.08. The molecule has 0 amide bonds. The van der Waals surface area contributed by atoms with Crippen molar-refractivity contribution in [3.8, 4) is 11.4 Å². The molecule has 0 unspecified atom stereocenters. The van der Waals surface area contributed by atoms with Crippen LogP contribution in [0, 0.1) is 13.8 Å². The molecule has 10 heteroatoms. The van der Waals surface area contributed by atoms with Crippen molar-refractivity contribution in [1.82, 2.24) is 9.78 Å². The molecule has 0 bridgehead atoms. The average molecular weight is 438 g/mol. The third-order valence-corrected chi connectivity index (χ3v) is 5.78. The number of phenols is 1. The fourth-order valence-corrected chi connectivity index (χ4v) is 4.09. The second-order valence-corrected chi connectivity index (χ2v) is 8.37. The van der Waals surface area contributed by atoms with Gasteiger partial charge in [-0.2, -0.15) is 8.42 Å². The van der Waals surface area contributed by atoms with Crippen LogP contribution in [0.4, 0.5) is 11.4 Å². The van der Waals surface area contributed by atoms with Crippen molar-refractivity contribution in [2.24, 2.45) is 10.2 Å². The van der Waals surface area contributed by atoms with Crippen LogP contribution in [0.15, 0.2) is 74.5 Å². The van der Waals surface area contributed by atoms with Crippen molar-refractivity contribution in [1.29, 1.82) is 0 Å². The number of hydrogen-bond acceptors (Lipinski definition) is 6. The lowest BCUT2D eigenvalue weighted by Crippen LogP contribution is -2.15. The van der Waals surface area contributed by atoms with Crippen LogP contribution in [0.25, 0.3) is 16.5 Å². The summed E-state index contributed by atoms with van der Waals surface area (Å²) in [6, 6.07) is 14.5. The summed E-state index contributed by atoms with van der Waals surface area (Å²) in [4.78, 5) is 12.5. The molecule has 0 aliphatic heterocycles. The molecular formula is C21H18N4O5S. The third kappa shape index (κ3) is 3.62. The van der Waals surface area contributed by atoms with Crippen LogP contribution in [0.1, 0.15) is 11.3 Å². The SMILES string of the molecule is Cc1ccccc1-n1[nH]c(C)c(N=Nc2c(O)cc(S(=O)(=O)O)c3ccccc23)c1=O. The maximum absolute atomic E-state index is 12.9. The Kier molecular flexibility index (Phi) is 4.96. The smallest absolute Gasteiger partial charge is 0.299 e. The lowest BCUT2D eigenvalue weighted by atomic mass is 10.1. The van der Waals surface area contributed by atoms with E-state index in [0.717, 1.165) is 11.6 Å². The molecule has 4 aromatic rings. The zero-order valence-electron chi connectivity index (χ0n) is 16.6. The first-order chi connectivity index (χ1) is 14.7. The summed E-state index contributed by atoms with van der Waals surface area (Å²) in [5.74, 6) is -0.498. The molecule has 9 nitrogen and oxygen atoms in total. The van der Waals surface area contributed by atoms with Crippen LogP contribution in [0.2, 0.25) is 0 Å². The molecule has 1 heterocycles. The van der Waals surface area contributed by atoms with Gasteiger partial charge >= 0.3 is 0 Å². The molecule has 0 fully saturated rings. The molecule has 0 saturated carbocycles. The predicted molar refractivity (Wildman–Crippen MR) is 115 cm³/mol. The fraction of sp³-hybridized carbons (Fsp3) is 0.0952. The van der Waals surface area contributed by atoms with Gasteiger partial charge in [-0.1, -0.05) is 42.5 Å². The zero-order chi connectivity index (χ0) is 22.3. The summed E-state index contributed by atoms with van der Waals surface area (Å²) < 4.78 is 34.2. The Labute approximate surface area is 177 Å². The van der Waals surface area contributed by atoms with E-state index < -0.39 is 26.3 Å². The van der Waals surface area contributed by atoms with Crippen LogP contribution in [-0.4, -0.2) is 27.9 Å². The number of benzene rings is 3. The number of phenolic OH excluding ortho intramolecular Hbond substituents is 1. The molecule has 0 aliphatic rings. The summed E-state index contributed by atoms with van der Waals surface area (Å²) in [6.07, 6.45) is 0. The number of nitrogens with zero attached hydrogens (tertiary/aromatic N) is 3. The van der Waals surface area contributed by atoms with Gasteiger partial charge in [0.1, 0.15) is 16.3 Å². The molecule has 4 rings (SSSR count). The number of azo groups is 1. The Morgan fingerprint density at radius 3 is 2.23 bits per heavy atom. The van der Waals surface area contributed by atoms with E-state index in [-0.39, 0.29) is 22.1 Å². The van der Waals surface area contributed by atoms with Gasteiger partial charge < -0.3 is 5.11 Å². The Morgan fingerprint density at radius 1 is 0.935 bits per heavy atom. The van der Waals surface area contributed by atoms with Crippen molar-refractivity contribution in [2.75, 3.05) is 0 Å². The number of fused-ring (bicyclic) bond motifs is 1. The van der Waals surface area contributed by atoms with Crippen LogP contribution in [0.3, 0.4) is 0 Å². The Balaban J connectivity index is 1.87. The molecule has 0 saturated heterocycles. The maximum Gasteiger partial charge on any atom is 0.299 e. The number of nitrogens with one attached hydrogen (secondary N) is 1. The number of rotatable bonds is 4. The van der Waals surface area contributed by atoms with Crippen LogP contribution >= 0.6 is 0 Å². The average Bonchev–Trinajstić information content (AvgIpc) is 3.00. The summed E-state index contributed by atoms with van der Waals surface area (Å²) >= 11 is 0. The maximum atomic E-state index is 12.9. The van der Waals surface area contributed by atoms with Crippen molar-refractivity contribution < 1.29 is 18.1 Å². The Morgan fingerprint density at radius 2 is 1.55 bits per heavy atom. The normalized spacial score (nSPS) is 12.1. The van der Waals surface area contributed by atoms with Crippen molar-refractivity contribution in [2.45, 2.75) is 18.7 Å². The molecule has 31 heavy (non-hydrogen) atoms. The number of para-hydroxylation sites is 1. The molecule has 1 aromatic heterocycles. The van der Waals surface area contributed by atoms with Gasteiger partial charge in [-0.25, -0.2) is 4.68 Å². The second kappa shape index (κ2) is 7.49. The summed E-state index contributed by atoms with van der Waals surface area (Å²) in [5, 5.41) is 21.8. The van der Waals surface area contributed by atoms with Gasteiger partial charge in [-0.05, 0) is 25.5 Å². The predicted octanol–water partition coefficient (Wildman–Crippen LogP) is 4.30. The standard InChI is InChI=1S/C21H18N4O5S/c1-12-7-3-6-10-16(12)25-21(27)19(13(2)24-25)22-23-20-15-9-5-4-8-14(15)18(11-17(20)26)31(28,29)30/h3-11,24,26H,1-2H3,(H,28,29,30). The monoisotopic (exact) mass is 438 g/mol. The van der Waals surface area contributed by atoms with Gasteiger partial charge in [0, 0.05) is 16.8 Å². The van der Waals surface area contributed by atoms with Gasteiger partial charge in [0.25, 0.3) is 15.7 Å². The number of hydrogen-bond donors (Lipinski definition) is 3. The second-order valence-electron chi connectivity index (χ2n) is 6.98. The van der Waals surface area contributed by atoms with Gasteiger partial charge in [-0.3, -0.25) is 14.4 Å². The first-order valence-corrected chi connectivity index (χ1v) is 10.6. The summed E-state index contributed by atoms with van der Waals surface area (Å²) in [5.41, 5.74) is 1.63. The number of aromatic amines is 1. The molecule has 0 spiro atoms. The Bertz CT molecular complexity index is 1520. The first-order valence-electron chi connectivity index (χ1n) is 9.20. The molecule has 0 atom stereocenters. The molecule has 3 aromatic carbocycles. The minimum atomic E-state index is -4.57. The minimum Gasteiger partial charge on any atom is -0.506 e. The fourth-order valence-electron chi connectivity index (χ4n) is 3.37. The number of aryl methyl sites for hydroxylation is 2. The van der Waals surface area contributed by atoms with E-state index in [1.807, 2.05) is 25.1 Å². The quantitative estimate of drug-likeness (QED) is 0.322. The highest BCUT2D eigenvalue weighted by Crippen LogP contribution is 2.39. The van der Waals surface area contributed by atoms with E-state index in [9.17, 15) is 22.9 Å². The highest BCUT2D eigenvalue weighted by Gasteiger charge is 2.20. The van der Waals surface area contributed by atoms with Crippen LogP contribution in [0.5, 0.6) is 5.75 Å². The van der Waals surface area contributed by atoms with E-state index in [2.05, 4.69) is 15.3 Å². The first kappa shape index (κ1) is 20.5. The largest absolute Gasteiger partial charge is 0.506 e. The minimum absolute atomic E-state index is 0.0227. The van der Waals surface area contributed by atoms with E-state index in [1.165, 1.54) is 16.8 Å². The molecule has 0 radical (unpaired) electrons. The van der Waals surface area contributed by atoms with Crippen LogP contribution < -0.4 is 5.56 Å². The summed E-state index contributed by atoms with van der Waals surface area (Å²) in [7, 11) is -4.57. The van der Waals surface area contributed by atoms with E-state index in [4.69, 9.17) is 0 Å². The molecular weight excluding hydrogens is 420 g/mol. The lowest BCUT2D eigenvalue weighted by molar-refractivity contribution is 0.468. The highest BCUT2D eigenvalue weighted by atomic mass is 32.2. The number of H-pyrrole nitrogens is 1. The highest BCUT2D eigenvalue weighted by molar-refractivity contribution is 7.86. The number of aromatic nitrogens is 2. The molecule has 0 aliphatic carbocycles. The Hall–Kier alpha value is -3.76.